The Balaban J connectivity index is 1.40. The number of benzene rings is 2. The Hall–Kier alpha value is -4.00. The molecule has 2 aromatic heterocycles. The van der Waals surface area contributed by atoms with E-state index in [4.69, 9.17) is 14.5 Å². The topological polar surface area (TPSA) is 59.8 Å². The van der Waals surface area contributed by atoms with Crippen molar-refractivity contribution in [2.24, 2.45) is 7.05 Å². The van der Waals surface area contributed by atoms with Gasteiger partial charge in [-0.25, -0.2) is 0 Å². The van der Waals surface area contributed by atoms with Crippen LogP contribution in [-0.4, -0.2) is 60.8 Å². The number of hydrogen-bond acceptors (Lipinski definition) is 5. The fourth-order valence-electron chi connectivity index (χ4n) is 4.78. The largest absolute Gasteiger partial charge is 0.493 e. The lowest BCUT2D eigenvalue weighted by Gasteiger charge is -2.35. The van der Waals surface area contributed by atoms with Gasteiger partial charge in [0.05, 0.1) is 25.4 Å². The van der Waals surface area contributed by atoms with Crippen molar-refractivity contribution in [2.45, 2.75) is 6.92 Å². The van der Waals surface area contributed by atoms with E-state index in [0.29, 0.717) is 11.5 Å². The standard InChI is InChI=1S/C28H30N4O3/c1-19(33)31-11-13-32(14-12-31)23-8-5-20(6-9-23)24-17-26-22(18-29-24)15-25(30(26)2)21-7-10-27(34-3)28(16-21)35-4/h5-10,15-18H,11-14H2,1-4H3. The van der Waals surface area contributed by atoms with E-state index in [1.807, 2.05) is 29.3 Å². The zero-order valence-corrected chi connectivity index (χ0v) is 20.6. The SMILES string of the molecule is COc1ccc(-c2cc3cnc(-c4ccc(N5CCN(C(C)=O)CC5)cc4)cc3n2C)cc1OC. The average Bonchev–Trinajstić information content (AvgIpc) is 3.24. The number of hydrogen-bond donors (Lipinski definition) is 0. The molecule has 0 unspecified atom stereocenters. The van der Waals surface area contributed by atoms with Crippen LogP contribution < -0.4 is 14.4 Å². The minimum atomic E-state index is 0.149. The van der Waals surface area contributed by atoms with Crippen LogP contribution in [-0.2, 0) is 11.8 Å². The van der Waals surface area contributed by atoms with Gasteiger partial charge in [-0.2, -0.15) is 0 Å². The van der Waals surface area contributed by atoms with Crippen LogP contribution in [0, 0.1) is 0 Å². The highest BCUT2D eigenvalue weighted by Gasteiger charge is 2.19. The van der Waals surface area contributed by atoms with Gasteiger partial charge in [0.1, 0.15) is 0 Å². The van der Waals surface area contributed by atoms with Crippen molar-refractivity contribution >= 4 is 22.5 Å². The molecule has 1 saturated heterocycles. The highest BCUT2D eigenvalue weighted by molar-refractivity contribution is 5.89. The lowest BCUT2D eigenvalue weighted by atomic mass is 10.1. The van der Waals surface area contributed by atoms with Crippen LogP contribution in [0.2, 0.25) is 0 Å². The van der Waals surface area contributed by atoms with Crippen molar-refractivity contribution in [3.8, 4) is 34.0 Å². The Morgan fingerprint density at radius 2 is 1.54 bits per heavy atom. The third-order valence-corrected chi connectivity index (χ3v) is 6.86. The summed E-state index contributed by atoms with van der Waals surface area (Å²) in [5.74, 6) is 1.57. The Bertz CT molecular complexity index is 1370. The zero-order chi connectivity index (χ0) is 24.5. The molecule has 0 saturated carbocycles. The summed E-state index contributed by atoms with van der Waals surface area (Å²) in [6.07, 6.45) is 1.93. The van der Waals surface area contributed by atoms with E-state index in [9.17, 15) is 4.79 Å². The summed E-state index contributed by atoms with van der Waals surface area (Å²) >= 11 is 0. The Kier molecular flexibility index (Phi) is 6.07. The molecule has 1 amide bonds. The van der Waals surface area contributed by atoms with Crippen molar-refractivity contribution in [2.75, 3.05) is 45.3 Å². The lowest BCUT2D eigenvalue weighted by Crippen LogP contribution is -2.48. The van der Waals surface area contributed by atoms with Gasteiger partial charge >= 0.3 is 0 Å². The van der Waals surface area contributed by atoms with E-state index in [0.717, 1.165) is 59.6 Å². The van der Waals surface area contributed by atoms with Gasteiger partial charge in [-0.3, -0.25) is 9.78 Å². The van der Waals surface area contributed by atoms with E-state index in [2.05, 4.69) is 52.9 Å². The van der Waals surface area contributed by atoms with Gasteiger partial charge in [0.25, 0.3) is 0 Å². The first-order valence-electron chi connectivity index (χ1n) is 11.8. The molecule has 0 bridgehead atoms. The van der Waals surface area contributed by atoms with Gasteiger partial charge in [0.15, 0.2) is 11.5 Å². The number of anilines is 1. The first-order valence-corrected chi connectivity index (χ1v) is 11.8. The Morgan fingerprint density at radius 3 is 2.20 bits per heavy atom. The minimum Gasteiger partial charge on any atom is -0.493 e. The molecule has 4 aromatic rings. The van der Waals surface area contributed by atoms with Gasteiger partial charge in [0, 0.05) is 74.2 Å². The number of nitrogens with zero attached hydrogens (tertiary/aromatic N) is 4. The zero-order valence-electron chi connectivity index (χ0n) is 20.6. The molecule has 0 spiro atoms. The summed E-state index contributed by atoms with van der Waals surface area (Å²) in [6, 6.07) is 18.8. The van der Waals surface area contributed by atoms with Gasteiger partial charge in [0.2, 0.25) is 5.91 Å². The second-order valence-electron chi connectivity index (χ2n) is 8.83. The quantitative estimate of drug-likeness (QED) is 0.427. The van der Waals surface area contributed by atoms with Crippen LogP contribution in [0.5, 0.6) is 11.5 Å². The fraction of sp³-hybridized carbons (Fsp3) is 0.286. The molecule has 7 heteroatoms. The highest BCUT2D eigenvalue weighted by Crippen LogP contribution is 2.35. The number of carbonyl (C=O) groups is 1. The summed E-state index contributed by atoms with van der Waals surface area (Å²) in [7, 11) is 5.36. The van der Waals surface area contributed by atoms with Gasteiger partial charge in [-0.05, 0) is 42.5 Å². The van der Waals surface area contributed by atoms with Gasteiger partial charge < -0.3 is 23.8 Å². The van der Waals surface area contributed by atoms with Crippen LogP contribution >= 0.6 is 0 Å². The molecule has 1 fully saturated rings. The number of aromatic nitrogens is 2. The number of piperazine rings is 1. The summed E-state index contributed by atoms with van der Waals surface area (Å²) in [6.45, 7) is 4.88. The van der Waals surface area contributed by atoms with Crippen LogP contribution in [0.4, 0.5) is 5.69 Å². The van der Waals surface area contributed by atoms with Gasteiger partial charge in [-0.1, -0.05) is 12.1 Å². The monoisotopic (exact) mass is 470 g/mol. The minimum absolute atomic E-state index is 0.149. The van der Waals surface area contributed by atoms with Crippen LogP contribution in [0.25, 0.3) is 33.4 Å². The van der Waals surface area contributed by atoms with Crippen LogP contribution in [0.3, 0.4) is 0 Å². The summed E-state index contributed by atoms with van der Waals surface area (Å²) in [5, 5.41) is 1.08. The summed E-state index contributed by atoms with van der Waals surface area (Å²) in [5.41, 5.74) is 6.44. The number of aryl methyl sites for hydroxylation is 1. The number of rotatable bonds is 5. The molecule has 1 aliphatic rings. The number of ether oxygens (including phenoxy) is 2. The fourth-order valence-corrected chi connectivity index (χ4v) is 4.78. The van der Waals surface area contributed by atoms with Crippen molar-refractivity contribution < 1.29 is 14.3 Å². The molecule has 0 N–H and O–H groups in total. The van der Waals surface area contributed by atoms with Crippen molar-refractivity contribution in [3.63, 3.8) is 0 Å². The number of pyridine rings is 1. The van der Waals surface area contributed by atoms with Crippen molar-refractivity contribution in [1.29, 1.82) is 0 Å². The van der Waals surface area contributed by atoms with E-state index in [1.54, 1.807) is 21.1 Å². The molecule has 0 atom stereocenters. The highest BCUT2D eigenvalue weighted by atomic mass is 16.5. The van der Waals surface area contributed by atoms with Crippen LogP contribution in [0.1, 0.15) is 6.92 Å². The molecule has 2 aromatic carbocycles. The smallest absolute Gasteiger partial charge is 0.219 e. The van der Waals surface area contributed by atoms with Gasteiger partial charge in [-0.15, -0.1) is 0 Å². The third-order valence-electron chi connectivity index (χ3n) is 6.86. The van der Waals surface area contributed by atoms with Crippen LogP contribution in [0.15, 0.2) is 60.8 Å². The summed E-state index contributed by atoms with van der Waals surface area (Å²) in [4.78, 5) is 20.6. The normalized spacial score (nSPS) is 13.8. The van der Waals surface area contributed by atoms with E-state index < -0.39 is 0 Å². The van der Waals surface area contributed by atoms with E-state index >= 15 is 0 Å². The molecule has 5 rings (SSSR count). The van der Waals surface area contributed by atoms with Crippen molar-refractivity contribution in [3.05, 3.63) is 60.8 Å². The maximum atomic E-state index is 11.6. The molecular weight excluding hydrogens is 440 g/mol. The first kappa shape index (κ1) is 22.8. The predicted octanol–water partition coefficient (Wildman–Crippen LogP) is 4.59. The number of methoxy groups -OCH3 is 2. The third kappa shape index (κ3) is 4.30. The molecular formula is C28H30N4O3. The maximum Gasteiger partial charge on any atom is 0.219 e. The Labute approximate surface area is 205 Å². The molecule has 3 heterocycles. The van der Waals surface area contributed by atoms with E-state index in [-0.39, 0.29) is 5.91 Å². The lowest BCUT2D eigenvalue weighted by molar-refractivity contribution is -0.129. The molecule has 180 valence electrons. The Morgan fingerprint density at radius 1 is 0.857 bits per heavy atom. The number of amides is 1. The second kappa shape index (κ2) is 9.33. The molecule has 7 nitrogen and oxygen atoms in total. The number of carbonyl (C=O) groups excluding carboxylic acids is 1. The predicted molar refractivity (Wildman–Crippen MR) is 139 cm³/mol. The average molecular weight is 471 g/mol. The maximum absolute atomic E-state index is 11.6. The molecule has 1 aliphatic heterocycles. The second-order valence-corrected chi connectivity index (χ2v) is 8.83. The van der Waals surface area contributed by atoms with Crippen molar-refractivity contribution in [1.82, 2.24) is 14.5 Å². The summed E-state index contributed by atoms with van der Waals surface area (Å²) < 4.78 is 13.1. The number of fused-ring (bicyclic) bond motifs is 1. The molecule has 0 aliphatic carbocycles. The first-order chi connectivity index (χ1) is 17.0. The molecule has 0 radical (unpaired) electrons. The van der Waals surface area contributed by atoms with E-state index in [1.165, 1.54) is 5.69 Å². The molecule has 35 heavy (non-hydrogen) atoms.